The minimum atomic E-state index is -0.495. The first-order chi connectivity index (χ1) is 9.14. The van der Waals surface area contributed by atoms with E-state index in [-0.39, 0.29) is 5.82 Å². The number of hydrogen-bond donors (Lipinski definition) is 0. The second-order valence-electron chi connectivity index (χ2n) is 4.92. The van der Waals surface area contributed by atoms with Gasteiger partial charge < -0.3 is 0 Å². The molecule has 1 aliphatic carbocycles. The van der Waals surface area contributed by atoms with Gasteiger partial charge in [0.2, 0.25) is 0 Å². The van der Waals surface area contributed by atoms with Crippen molar-refractivity contribution in [3.63, 3.8) is 0 Å². The molecule has 1 fully saturated rings. The van der Waals surface area contributed by atoms with Crippen molar-refractivity contribution < 1.29 is 4.39 Å². The van der Waals surface area contributed by atoms with Crippen LogP contribution in [0.25, 0.3) is 11.3 Å². The first-order valence-corrected chi connectivity index (χ1v) is 6.16. The lowest BCUT2D eigenvalue weighted by atomic mass is 10.1. The van der Waals surface area contributed by atoms with E-state index in [2.05, 4.69) is 16.0 Å². The van der Waals surface area contributed by atoms with Crippen LogP contribution >= 0.6 is 0 Å². The molecule has 1 aromatic carbocycles. The number of nitriles is 1. The number of rotatable bonds is 2. The summed E-state index contributed by atoms with van der Waals surface area (Å²) >= 11 is 0. The van der Waals surface area contributed by atoms with Crippen LogP contribution in [0.2, 0.25) is 0 Å². The van der Waals surface area contributed by atoms with Gasteiger partial charge in [0.1, 0.15) is 17.1 Å². The Balaban J connectivity index is 2.04. The van der Waals surface area contributed by atoms with E-state index in [0.717, 1.165) is 24.1 Å². The van der Waals surface area contributed by atoms with Crippen molar-refractivity contribution in [3.05, 3.63) is 47.7 Å². The van der Waals surface area contributed by atoms with E-state index in [1.54, 1.807) is 31.3 Å². The molecule has 3 nitrogen and oxygen atoms in total. The maximum atomic E-state index is 13.3. The summed E-state index contributed by atoms with van der Waals surface area (Å²) in [5.41, 5.74) is 1.66. The van der Waals surface area contributed by atoms with Crippen molar-refractivity contribution in [3.8, 4) is 17.3 Å². The molecule has 94 valence electrons. The Morgan fingerprint density at radius 1 is 1.32 bits per heavy atom. The summed E-state index contributed by atoms with van der Waals surface area (Å²) in [6.45, 7) is 1.72. The lowest BCUT2D eigenvalue weighted by Gasteiger charge is -2.07. The first kappa shape index (κ1) is 11.8. The molecule has 0 N–H and O–H groups in total. The van der Waals surface area contributed by atoms with Crippen LogP contribution in [0, 0.1) is 24.1 Å². The molecule has 2 aromatic rings. The van der Waals surface area contributed by atoms with Crippen molar-refractivity contribution >= 4 is 0 Å². The zero-order chi connectivity index (χ0) is 13.5. The molecular formula is C15H12FN3. The fraction of sp³-hybridized carbons (Fsp3) is 0.267. The smallest absolute Gasteiger partial charge is 0.149 e. The first-order valence-electron chi connectivity index (χ1n) is 6.16. The zero-order valence-corrected chi connectivity index (χ0v) is 10.5. The van der Waals surface area contributed by atoms with Crippen LogP contribution in [-0.4, -0.2) is 9.97 Å². The fourth-order valence-corrected chi connectivity index (χ4v) is 2.06. The van der Waals surface area contributed by atoms with E-state index in [9.17, 15) is 9.65 Å². The third-order valence-corrected chi connectivity index (χ3v) is 3.50. The monoisotopic (exact) mass is 253 g/mol. The molecule has 0 saturated heterocycles. The number of aryl methyl sites for hydroxylation is 1. The van der Waals surface area contributed by atoms with Gasteiger partial charge in [-0.15, -0.1) is 0 Å². The van der Waals surface area contributed by atoms with E-state index < -0.39 is 5.41 Å². The van der Waals surface area contributed by atoms with Crippen molar-refractivity contribution in [1.29, 1.82) is 5.26 Å². The molecule has 1 aliphatic rings. The van der Waals surface area contributed by atoms with E-state index >= 15 is 0 Å². The van der Waals surface area contributed by atoms with Gasteiger partial charge in [0, 0.05) is 11.8 Å². The van der Waals surface area contributed by atoms with Gasteiger partial charge in [0.25, 0.3) is 0 Å². The average Bonchev–Trinajstić information content (AvgIpc) is 3.23. The highest BCUT2D eigenvalue weighted by atomic mass is 19.1. The SMILES string of the molecule is Cc1cc(-c2ccnc(C3(C#N)CC3)n2)ccc1F. The largest absolute Gasteiger partial charge is 0.240 e. The molecule has 4 heteroatoms. The summed E-state index contributed by atoms with van der Waals surface area (Å²) in [6.07, 6.45) is 3.29. The van der Waals surface area contributed by atoms with Gasteiger partial charge in [-0.1, -0.05) is 0 Å². The minimum Gasteiger partial charge on any atom is -0.240 e. The highest BCUT2D eigenvalue weighted by Crippen LogP contribution is 2.46. The van der Waals surface area contributed by atoms with Gasteiger partial charge >= 0.3 is 0 Å². The molecule has 0 unspecified atom stereocenters. The molecule has 0 spiro atoms. The van der Waals surface area contributed by atoms with E-state index in [1.165, 1.54) is 6.07 Å². The summed E-state index contributed by atoms with van der Waals surface area (Å²) in [4.78, 5) is 8.66. The van der Waals surface area contributed by atoms with Crippen LogP contribution in [-0.2, 0) is 5.41 Å². The molecule has 0 atom stereocenters. The third-order valence-electron chi connectivity index (χ3n) is 3.50. The van der Waals surface area contributed by atoms with Crippen molar-refractivity contribution in [2.45, 2.75) is 25.2 Å². The fourth-order valence-electron chi connectivity index (χ4n) is 2.06. The second-order valence-corrected chi connectivity index (χ2v) is 4.92. The number of nitrogens with zero attached hydrogens (tertiary/aromatic N) is 3. The van der Waals surface area contributed by atoms with Crippen LogP contribution in [0.4, 0.5) is 4.39 Å². The molecule has 1 aromatic heterocycles. The summed E-state index contributed by atoms with van der Waals surface area (Å²) < 4.78 is 13.3. The Labute approximate surface area is 110 Å². The van der Waals surface area contributed by atoms with Crippen LogP contribution in [0.3, 0.4) is 0 Å². The number of benzene rings is 1. The predicted molar refractivity (Wildman–Crippen MR) is 68.7 cm³/mol. The van der Waals surface area contributed by atoms with Crippen molar-refractivity contribution in [2.75, 3.05) is 0 Å². The van der Waals surface area contributed by atoms with Gasteiger partial charge in [0.05, 0.1) is 11.8 Å². The normalized spacial score (nSPS) is 15.8. The molecule has 0 radical (unpaired) electrons. The second kappa shape index (κ2) is 4.13. The lowest BCUT2D eigenvalue weighted by Crippen LogP contribution is -2.09. The van der Waals surface area contributed by atoms with Gasteiger partial charge in [-0.3, -0.25) is 0 Å². The molecule has 0 aliphatic heterocycles. The molecular weight excluding hydrogens is 241 g/mol. The lowest BCUT2D eigenvalue weighted by molar-refractivity contribution is 0.618. The Kier molecular flexibility index (Phi) is 2.56. The average molecular weight is 253 g/mol. The molecule has 0 bridgehead atoms. The number of hydrogen-bond acceptors (Lipinski definition) is 3. The molecule has 1 saturated carbocycles. The Morgan fingerprint density at radius 2 is 2.11 bits per heavy atom. The van der Waals surface area contributed by atoms with Gasteiger partial charge in [-0.05, 0) is 49.6 Å². The molecule has 19 heavy (non-hydrogen) atoms. The maximum absolute atomic E-state index is 13.3. The molecule has 3 rings (SSSR count). The maximum Gasteiger partial charge on any atom is 0.149 e. The predicted octanol–water partition coefficient (Wildman–Crippen LogP) is 3.15. The highest BCUT2D eigenvalue weighted by molar-refractivity contribution is 5.60. The quantitative estimate of drug-likeness (QED) is 0.826. The molecule has 0 amide bonds. The highest BCUT2D eigenvalue weighted by Gasteiger charge is 2.47. The van der Waals surface area contributed by atoms with Crippen LogP contribution < -0.4 is 0 Å². The summed E-state index contributed by atoms with van der Waals surface area (Å²) in [6, 6.07) is 8.95. The summed E-state index contributed by atoms with van der Waals surface area (Å²) in [5.74, 6) is 0.350. The van der Waals surface area contributed by atoms with Crippen molar-refractivity contribution in [1.82, 2.24) is 9.97 Å². The topological polar surface area (TPSA) is 49.6 Å². The van der Waals surface area contributed by atoms with Gasteiger partial charge in [-0.25, -0.2) is 14.4 Å². The Morgan fingerprint density at radius 3 is 2.74 bits per heavy atom. The number of aromatic nitrogens is 2. The number of halogens is 1. The van der Waals surface area contributed by atoms with Crippen LogP contribution in [0.1, 0.15) is 24.2 Å². The summed E-state index contributed by atoms with van der Waals surface area (Å²) in [7, 11) is 0. The van der Waals surface area contributed by atoms with Gasteiger partial charge in [0.15, 0.2) is 0 Å². The van der Waals surface area contributed by atoms with Gasteiger partial charge in [-0.2, -0.15) is 5.26 Å². The third kappa shape index (κ3) is 1.97. The minimum absolute atomic E-state index is 0.228. The van der Waals surface area contributed by atoms with E-state index in [0.29, 0.717) is 11.4 Å². The van der Waals surface area contributed by atoms with Crippen LogP contribution in [0.5, 0.6) is 0 Å². The summed E-state index contributed by atoms with van der Waals surface area (Å²) in [5, 5.41) is 9.17. The molecule has 1 heterocycles. The Bertz CT molecular complexity index is 684. The standard InChI is InChI=1S/C15H12FN3/c1-10-8-11(2-3-12(10)16)13-4-7-18-14(19-13)15(9-17)5-6-15/h2-4,7-8H,5-6H2,1H3. The Hall–Kier alpha value is -2.28. The van der Waals surface area contributed by atoms with Crippen LogP contribution in [0.15, 0.2) is 30.5 Å². The van der Waals surface area contributed by atoms with E-state index in [1.807, 2.05) is 0 Å². The van der Waals surface area contributed by atoms with E-state index in [4.69, 9.17) is 0 Å². The van der Waals surface area contributed by atoms with Crippen molar-refractivity contribution in [2.24, 2.45) is 0 Å². The zero-order valence-electron chi connectivity index (χ0n) is 10.5.